The van der Waals surface area contributed by atoms with Crippen molar-refractivity contribution in [2.45, 2.75) is 62.4 Å². The van der Waals surface area contributed by atoms with Crippen molar-refractivity contribution in [3.8, 4) is 0 Å². The Morgan fingerprint density at radius 1 is 1.27 bits per heavy atom. The van der Waals surface area contributed by atoms with E-state index >= 15 is 0 Å². The van der Waals surface area contributed by atoms with Crippen LogP contribution in [-0.4, -0.2) is 20.9 Å². The van der Waals surface area contributed by atoms with Crippen LogP contribution < -0.4 is 0 Å². The first kappa shape index (κ1) is 15.6. The van der Waals surface area contributed by atoms with E-state index in [1.807, 2.05) is 6.08 Å². The van der Waals surface area contributed by atoms with Gasteiger partial charge in [0.05, 0.1) is 6.10 Å². The molecule has 0 unspecified atom stereocenters. The number of hydrogen-bond donors (Lipinski definition) is 1. The number of ketones is 1. The summed E-state index contributed by atoms with van der Waals surface area (Å²) < 4.78 is 0.640. The molecule has 0 heterocycles. The van der Waals surface area contributed by atoms with E-state index in [1.165, 1.54) is 12.0 Å². The summed E-state index contributed by atoms with van der Waals surface area (Å²) in [5.41, 5.74) is 1.58. The maximum Gasteiger partial charge on any atom is 0.155 e. The van der Waals surface area contributed by atoms with E-state index in [-0.39, 0.29) is 11.5 Å². The molecule has 1 N–H and O–H groups in total. The number of carbonyl (C=O) groups excluding carboxylic acids is 1. The number of fused-ring (bicyclic) bond motifs is 5. The van der Waals surface area contributed by atoms with Gasteiger partial charge in [-0.05, 0) is 73.2 Å². The quantitative estimate of drug-likeness (QED) is 0.478. The van der Waals surface area contributed by atoms with E-state index in [9.17, 15) is 9.90 Å². The molecule has 0 aromatic heterocycles. The highest BCUT2D eigenvalue weighted by Gasteiger charge is 2.60. The summed E-state index contributed by atoms with van der Waals surface area (Å²) in [6.45, 7) is 4.74. The van der Waals surface area contributed by atoms with E-state index in [0.717, 1.165) is 43.9 Å². The summed E-state index contributed by atoms with van der Waals surface area (Å²) in [5.74, 6) is 3.81. The van der Waals surface area contributed by atoms with Gasteiger partial charge in [0.15, 0.2) is 5.78 Å². The molecule has 0 saturated heterocycles. The molecule has 0 aromatic carbocycles. The van der Waals surface area contributed by atoms with Gasteiger partial charge in [-0.1, -0.05) is 42.0 Å². The molecule has 3 saturated carbocycles. The first-order valence-electron chi connectivity index (χ1n) is 8.97. The van der Waals surface area contributed by atoms with Crippen LogP contribution in [0.4, 0.5) is 0 Å². The van der Waals surface area contributed by atoms with Crippen LogP contribution in [0.25, 0.3) is 0 Å². The molecule has 2 nitrogen and oxygen atoms in total. The zero-order chi connectivity index (χ0) is 15.6. The minimum atomic E-state index is -0.104. The van der Waals surface area contributed by atoms with Crippen molar-refractivity contribution in [1.82, 2.24) is 0 Å². The third kappa shape index (κ3) is 2.10. The molecule has 0 spiro atoms. The van der Waals surface area contributed by atoms with Gasteiger partial charge in [0, 0.05) is 10.3 Å². The van der Waals surface area contributed by atoms with Crippen molar-refractivity contribution < 1.29 is 9.90 Å². The van der Waals surface area contributed by atoms with Gasteiger partial charge in [0.1, 0.15) is 0 Å². The number of allylic oxidation sites excluding steroid dienone is 1. The molecule has 4 rings (SSSR count). The van der Waals surface area contributed by atoms with Crippen LogP contribution in [0, 0.1) is 35.0 Å². The lowest BCUT2D eigenvalue weighted by Gasteiger charge is -2.57. The number of aliphatic hydroxyl groups excluding tert-OH is 1. The Bertz CT molecular complexity index is 528. The fraction of sp³-hybridized carbons (Fsp3) is 0.842. The fourth-order valence-corrected chi connectivity index (χ4v) is 8.48. The number of hydrogen-bond acceptors (Lipinski definition) is 2. The van der Waals surface area contributed by atoms with Crippen LogP contribution in [0.1, 0.15) is 52.4 Å². The summed E-state index contributed by atoms with van der Waals surface area (Å²) in [7, 11) is 0. The second-order valence-electron chi connectivity index (χ2n) is 8.59. The normalized spacial score (nSPS) is 54.3. The van der Waals surface area contributed by atoms with Crippen molar-refractivity contribution in [3.63, 3.8) is 0 Å². The Balaban J connectivity index is 1.73. The van der Waals surface area contributed by atoms with Crippen LogP contribution in [0.3, 0.4) is 0 Å². The second-order valence-corrected chi connectivity index (χ2v) is 10.2. The molecule has 3 fully saturated rings. The minimum absolute atomic E-state index is 0.104. The third-order valence-electron chi connectivity index (χ3n) is 7.52. The van der Waals surface area contributed by atoms with Crippen molar-refractivity contribution in [2.75, 3.05) is 0 Å². The summed E-state index contributed by atoms with van der Waals surface area (Å²) in [5, 5.41) is 10.6. The van der Waals surface area contributed by atoms with Gasteiger partial charge in [-0.15, -0.1) is 0 Å². The molecule has 0 bridgehead atoms. The molecule has 0 amide bonds. The number of alkyl halides is 1. The Morgan fingerprint density at radius 3 is 2.82 bits per heavy atom. The maximum atomic E-state index is 11.8. The average Bonchev–Trinajstić information content (AvgIpc) is 2.74. The molecule has 3 heteroatoms. The molecule has 22 heavy (non-hydrogen) atoms. The number of rotatable bonds is 0. The third-order valence-corrected chi connectivity index (χ3v) is 8.80. The van der Waals surface area contributed by atoms with E-state index in [1.54, 1.807) is 0 Å². The Morgan fingerprint density at radius 2 is 2.05 bits per heavy atom. The Labute approximate surface area is 147 Å². The molecular weight excluding hydrogens is 387 g/mol. The van der Waals surface area contributed by atoms with E-state index < -0.39 is 0 Å². The average molecular weight is 414 g/mol. The van der Waals surface area contributed by atoms with Gasteiger partial charge in [-0.3, -0.25) is 4.79 Å². The standard InChI is InChI=1S/C19H27IO2/c1-10-7-11-8-12(21)3-4-13(11)18-15(20)9-19(2)14(17(10)18)5-6-16(19)22/h8,10,13-18,22H,3-7,9H2,1-2H3/t10-,13+,14+,15+,16+,17+,18+,19+/m1/s1. The van der Waals surface area contributed by atoms with Crippen LogP contribution >= 0.6 is 22.6 Å². The van der Waals surface area contributed by atoms with Gasteiger partial charge >= 0.3 is 0 Å². The minimum Gasteiger partial charge on any atom is -0.393 e. The lowest BCUT2D eigenvalue weighted by atomic mass is 9.49. The lowest BCUT2D eigenvalue weighted by Crippen LogP contribution is -2.54. The highest BCUT2D eigenvalue weighted by atomic mass is 127. The van der Waals surface area contributed by atoms with Crippen molar-refractivity contribution in [2.24, 2.45) is 35.0 Å². The molecule has 122 valence electrons. The summed E-state index contributed by atoms with van der Waals surface area (Å²) in [6, 6.07) is 0. The predicted molar refractivity (Wildman–Crippen MR) is 95.8 cm³/mol. The van der Waals surface area contributed by atoms with Gasteiger partial charge in [0.2, 0.25) is 0 Å². The molecule has 0 aromatic rings. The first-order valence-corrected chi connectivity index (χ1v) is 10.2. The summed E-state index contributed by atoms with van der Waals surface area (Å²) >= 11 is 2.67. The SMILES string of the molecule is C[C@@H]1CC2=CC(=O)CC[C@@H]2[C@@H]2[C@@H]1[C@@H]1CC[C@H](O)[C@@]1(C)C[C@@H]2I. The van der Waals surface area contributed by atoms with Crippen molar-refractivity contribution in [1.29, 1.82) is 0 Å². The predicted octanol–water partition coefficient (Wildman–Crippen LogP) is 4.15. The molecule has 0 radical (unpaired) electrons. The number of halogens is 1. The van der Waals surface area contributed by atoms with Gasteiger partial charge < -0.3 is 5.11 Å². The largest absolute Gasteiger partial charge is 0.393 e. The van der Waals surface area contributed by atoms with E-state index in [4.69, 9.17) is 0 Å². The number of aliphatic hydroxyl groups is 1. The highest BCUT2D eigenvalue weighted by molar-refractivity contribution is 14.1. The number of carbonyl (C=O) groups is 1. The Hall–Kier alpha value is 0.1000. The maximum absolute atomic E-state index is 11.8. The lowest BCUT2D eigenvalue weighted by molar-refractivity contribution is -0.116. The molecule has 4 aliphatic rings. The van der Waals surface area contributed by atoms with Crippen LogP contribution in [-0.2, 0) is 4.79 Å². The van der Waals surface area contributed by atoms with Crippen LogP contribution in [0.2, 0.25) is 0 Å². The second kappa shape index (κ2) is 5.30. The van der Waals surface area contributed by atoms with Crippen molar-refractivity contribution in [3.05, 3.63) is 11.6 Å². The monoisotopic (exact) mass is 414 g/mol. The Kier molecular flexibility index (Phi) is 3.76. The smallest absolute Gasteiger partial charge is 0.155 e. The molecule has 4 aliphatic carbocycles. The molecular formula is C19H27IO2. The summed E-state index contributed by atoms with van der Waals surface area (Å²) in [4.78, 5) is 11.8. The topological polar surface area (TPSA) is 37.3 Å². The van der Waals surface area contributed by atoms with E-state index in [2.05, 4.69) is 36.4 Å². The van der Waals surface area contributed by atoms with Gasteiger partial charge in [-0.2, -0.15) is 0 Å². The first-order chi connectivity index (χ1) is 10.4. The van der Waals surface area contributed by atoms with Crippen LogP contribution in [0.15, 0.2) is 11.6 Å². The zero-order valence-electron chi connectivity index (χ0n) is 13.6. The summed E-state index contributed by atoms with van der Waals surface area (Å²) in [6.07, 6.45) is 8.18. The zero-order valence-corrected chi connectivity index (χ0v) is 15.8. The fourth-order valence-electron chi connectivity index (χ4n) is 6.55. The highest BCUT2D eigenvalue weighted by Crippen LogP contribution is 2.64. The molecule has 0 aliphatic heterocycles. The van der Waals surface area contributed by atoms with Crippen LogP contribution in [0.5, 0.6) is 0 Å². The van der Waals surface area contributed by atoms with Gasteiger partial charge in [0.25, 0.3) is 0 Å². The van der Waals surface area contributed by atoms with Crippen molar-refractivity contribution >= 4 is 28.4 Å². The van der Waals surface area contributed by atoms with E-state index in [0.29, 0.717) is 27.5 Å². The molecule has 8 atom stereocenters. The van der Waals surface area contributed by atoms with Gasteiger partial charge in [-0.25, -0.2) is 0 Å².